The molecule has 1 aliphatic heterocycles. The van der Waals surface area contributed by atoms with Gasteiger partial charge < -0.3 is 29.9 Å². The highest BCUT2D eigenvalue weighted by molar-refractivity contribution is 5.23. The average Bonchev–Trinajstić information content (AvgIpc) is 2.25. The van der Waals surface area contributed by atoms with E-state index in [1.165, 1.54) is 7.11 Å². The molecule has 0 aromatic carbocycles. The monoisotopic (exact) mass is 234 g/mol. The van der Waals surface area contributed by atoms with Gasteiger partial charge in [-0.2, -0.15) is 0 Å². The number of methoxy groups -OCH3 is 1. The Hall–Kier alpha value is -0.240. The van der Waals surface area contributed by atoms with Crippen molar-refractivity contribution in [1.82, 2.24) is 0 Å². The van der Waals surface area contributed by atoms with Crippen LogP contribution in [0, 0.1) is 5.41 Å². The Balaban J connectivity index is 2.31. The molecule has 0 aromatic rings. The van der Waals surface area contributed by atoms with Crippen molar-refractivity contribution in [3.8, 4) is 0 Å². The molecule has 0 bridgehead atoms. The van der Waals surface area contributed by atoms with Crippen molar-refractivity contribution in [2.24, 2.45) is 5.41 Å². The average molecular weight is 234 g/mol. The predicted molar refractivity (Wildman–Crippen MR) is 52.4 cm³/mol. The molecule has 0 aromatic heterocycles. The molecule has 2 rings (SSSR count). The van der Waals surface area contributed by atoms with Crippen molar-refractivity contribution < 1.29 is 29.9 Å². The van der Waals surface area contributed by atoms with Gasteiger partial charge in [0.05, 0.1) is 6.10 Å². The highest BCUT2D eigenvalue weighted by Gasteiger charge is 2.74. The molecular formula is C10H18O6. The maximum atomic E-state index is 10.3. The van der Waals surface area contributed by atoms with E-state index in [2.05, 4.69) is 0 Å². The molecule has 94 valence electrons. The van der Waals surface area contributed by atoms with E-state index in [-0.39, 0.29) is 0 Å². The molecular weight excluding hydrogens is 216 g/mol. The molecule has 1 unspecified atom stereocenters. The molecule has 6 atom stereocenters. The first-order valence-corrected chi connectivity index (χ1v) is 5.23. The quantitative estimate of drug-likeness (QED) is 0.428. The number of hydrogen-bond acceptors (Lipinski definition) is 6. The van der Waals surface area contributed by atoms with E-state index in [9.17, 15) is 20.4 Å². The van der Waals surface area contributed by atoms with Crippen LogP contribution in [0.25, 0.3) is 0 Å². The third-order valence-electron chi connectivity index (χ3n) is 4.06. The lowest BCUT2D eigenvalue weighted by atomic mass is 9.50. The van der Waals surface area contributed by atoms with Crippen LogP contribution in [-0.2, 0) is 9.47 Å². The number of fused-ring (bicyclic) bond motifs is 1. The second-order valence-corrected chi connectivity index (χ2v) is 5.09. The summed E-state index contributed by atoms with van der Waals surface area (Å²) < 4.78 is 10.1. The van der Waals surface area contributed by atoms with Crippen LogP contribution in [0.1, 0.15) is 13.8 Å². The van der Waals surface area contributed by atoms with Crippen LogP contribution in [0.4, 0.5) is 0 Å². The summed E-state index contributed by atoms with van der Waals surface area (Å²) in [6.07, 6.45) is -5.62. The van der Waals surface area contributed by atoms with Crippen LogP contribution in [0.5, 0.6) is 0 Å². The number of ether oxygens (including phenoxy) is 2. The first kappa shape index (κ1) is 12.2. The fraction of sp³-hybridized carbons (Fsp3) is 1.00. The van der Waals surface area contributed by atoms with Gasteiger partial charge in [-0.3, -0.25) is 0 Å². The first-order valence-electron chi connectivity index (χ1n) is 5.23. The SMILES string of the molecule is CO[C@@H]1O[C@@H]2C(O)C(C)(C)[C@@]2(O)[C@H](O)[C@H]1O. The number of rotatable bonds is 1. The number of hydrogen-bond donors (Lipinski definition) is 4. The molecule has 6 nitrogen and oxygen atoms in total. The minimum atomic E-state index is -1.65. The lowest BCUT2D eigenvalue weighted by Crippen LogP contribution is -2.85. The van der Waals surface area contributed by atoms with Crippen molar-refractivity contribution in [2.45, 2.75) is 50.2 Å². The van der Waals surface area contributed by atoms with Gasteiger partial charge in [0.2, 0.25) is 0 Å². The van der Waals surface area contributed by atoms with Crippen LogP contribution in [0.2, 0.25) is 0 Å². The standard InChI is InChI=1S/C10H18O6/c1-9(2)6(13)7-10(9,14)5(12)4(11)8(15-3)16-7/h4-8,11-14H,1-3H3/t4-,5-,6?,7-,8-,10-/m1/s1. The van der Waals surface area contributed by atoms with E-state index in [1.807, 2.05) is 0 Å². The van der Waals surface area contributed by atoms with Gasteiger partial charge in [0.15, 0.2) is 6.29 Å². The van der Waals surface area contributed by atoms with Gasteiger partial charge in [-0.15, -0.1) is 0 Å². The normalized spacial score (nSPS) is 55.3. The van der Waals surface area contributed by atoms with E-state index in [0.717, 1.165) is 0 Å². The Morgan fingerprint density at radius 1 is 1.12 bits per heavy atom. The largest absolute Gasteiger partial charge is 0.390 e. The zero-order valence-corrected chi connectivity index (χ0v) is 9.49. The fourth-order valence-corrected chi connectivity index (χ4v) is 2.68. The molecule has 4 N–H and O–H groups in total. The van der Waals surface area contributed by atoms with Crippen LogP contribution >= 0.6 is 0 Å². The Bertz CT molecular complexity index is 289. The van der Waals surface area contributed by atoms with E-state index in [4.69, 9.17) is 9.47 Å². The summed E-state index contributed by atoms with van der Waals surface area (Å²) in [5, 5.41) is 39.8. The van der Waals surface area contributed by atoms with Gasteiger partial charge in [0.25, 0.3) is 0 Å². The van der Waals surface area contributed by atoms with Gasteiger partial charge in [-0.25, -0.2) is 0 Å². The minimum Gasteiger partial charge on any atom is -0.390 e. The molecule has 1 aliphatic carbocycles. The van der Waals surface area contributed by atoms with Crippen LogP contribution in [0.15, 0.2) is 0 Å². The first-order chi connectivity index (χ1) is 7.28. The molecule has 2 fully saturated rings. The minimum absolute atomic E-state index is 0.905. The Kier molecular flexibility index (Phi) is 2.58. The summed E-state index contributed by atoms with van der Waals surface area (Å²) in [6, 6.07) is 0. The number of aliphatic hydroxyl groups is 4. The maximum Gasteiger partial charge on any atom is 0.186 e. The van der Waals surface area contributed by atoms with Crippen molar-refractivity contribution in [1.29, 1.82) is 0 Å². The van der Waals surface area contributed by atoms with Crippen LogP contribution in [-0.4, -0.2) is 63.8 Å². The van der Waals surface area contributed by atoms with Gasteiger partial charge in [-0.05, 0) is 0 Å². The summed E-state index contributed by atoms with van der Waals surface area (Å²) in [7, 11) is 1.32. The number of aliphatic hydroxyl groups excluding tert-OH is 3. The van der Waals surface area contributed by atoms with E-state index >= 15 is 0 Å². The lowest BCUT2D eigenvalue weighted by molar-refractivity contribution is -0.419. The van der Waals surface area contributed by atoms with Crippen LogP contribution in [0.3, 0.4) is 0 Å². The highest BCUT2D eigenvalue weighted by atomic mass is 16.7. The molecule has 0 spiro atoms. The topological polar surface area (TPSA) is 99.4 Å². The Labute approximate surface area is 93.4 Å². The summed E-state index contributed by atoms with van der Waals surface area (Å²) in [4.78, 5) is 0. The summed E-state index contributed by atoms with van der Waals surface area (Å²) in [5.41, 5.74) is -2.59. The summed E-state index contributed by atoms with van der Waals surface area (Å²) in [5.74, 6) is 0. The Morgan fingerprint density at radius 2 is 1.69 bits per heavy atom. The molecule has 16 heavy (non-hydrogen) atoms. The van der Waals surface area contributed by atoms with Gasteiger partial charge in [0, 0.05) is 12.5 Å². The molecule has 0 amide bonds. The molecule has 0 radical (unpaired) electrons. The third-order valence-corrected chi connectivity index (χ3v) is 4.06. The van der Waals surface area contributed by atoms with E-state index in [1.54, 1.807) is 13.8 Å². The fourth-order valence-electron chi connectivity index (χ4n) is 2.68. The predicted octanol–water partition coefficient (Wildman–Crippen LogP) is -1.79. The zero-order chi connectivity index (χ0) is 12.3. The zero-order valence-electron chi connectivity index (χ0n) is 9.49. The maximum absolute atomic E-state index is 10.3. The summed E-state index contributed by atoms with van der Waals surface area (Å²) >= 11 is 0. The van der Waals surface area contributed by atoms with Crippen molar-refractivity contribution in [3.63, 3.8) is 0 Å². The molecule has 1 saturated heterocycles. The second kappa shape index (κ2) is 3.38. The lowest BCUT2D eigenvalue weighted by Gasteiger charge is -2.66. The van der Waals surface area contributed by atoms with Gasteiger partial charge in [-0.1, -0.05) is 13.8 Å². The Morgan fingerprint density at radius 3 is 2.19 bits per heavy atom. The molecule has 6 heteroatoms. The third kappa shape index (κ3) is 1.12. The second-order valence-electron chi connectivity index (χ2n) is 5.09. The van der Waals surface area contributed by atoms with Crippen LogP contribution < -0.4 is 0 Å². The molecule has 1 heterocycles. The smallest absolute Gasteiger partial charge is 0.186 e. The van der Waals surface area contributed by atoms with Gasteiger partial charge in [0.1, 0.15) is 23.9 Å². The van der Waals surface area contributed by atoms with E-state index < -0.39 is 41.7 Å². The molecule has 1 saturated carbocycles. The summed E-state index contributed by atoms with van der Waals surface area (Å²) in [6.45, 7) is 3.22. The van der Waals surface area contributed by atoms with Crippen molar-refractivity contribution >= 4 is 0 Å². The highest BCUT2D eigenvalue weighted by Crippen LogP contribution is 2.56. The molecule has 2 aliphatic rings. The van der Waals surface area contributed by atoms with E-state index in [0.29, 0.717) is 0 Å². The van der Waals surface area contributed by atoms with Crippen molar-refractivity contribution in [3.05, 3.63) is 0 Å². The van der Waals surface area contributed by atoms with Crippen molar-refractivity contribution in [2.75, 3.05) is 7.11 Å². The van der Waals surface area contributed by atoms with Gasteiger partial charge >= 0.3 is 0 Å².